The molecule has 0 heterocycles. The fourth-order valence-corrected chi connectivity index (χ4v) is 2.43. The third kappa shape index (κ3) is 7.77. The molecule has 0 saturated heterocycles. The maximum atomic E-state index is 12.0. The van der Waals surface area contributed by atoms with Gasteiger partial charge in [-0.3, -0.25) is 4.84 Å². The number of halogens is 1. The van der Waals surface area contributed by atoms with E-state index < -0.39 is 24.2 Å². The first-order valence-electron chi connectivity index (χ1n) is 8.29. The van der Waals surface area contributed by atoms with E-state index >= 15 is 0 Å². The number of amides is 2. The van der Waals surface area contributed by atoms with Gasteiger partial charge in [0.15, 0.2) is 0 Å². The number of carbonyl (C=O) groups excluding carboxylic acids is 3. The van der Waals surface area contributed by atoms with E-state index in [-0.39, 0.29) is 18.5 Å². The van der Waals surface area contributed by atoms with Gasteiger partial charge in [-0.25, -0.2) is 14.4 Å². The lowest BCUT2D eigenvalue weighted by molar-refractivity contribution is -0.140. The zero-order valence-corrected chi connectivity index (χ0v) is 16.4. The molecule has 0 fully saturated rings. The predicted octanol–water partition coefficient (Wildman–Crippen LogP) is 3.06. The molecule has 28 heavy (non-hydrogen) atoms. The average molecular weight is 451 g/mol. The van der Waals surface area contributed by atoms with Crippen LogP contribution >= 0.6 is 15.9 Å². The Bertz CT molecular complexity index is 773. The predicted molar refractivity (Wildman–Crippen MR) is 103 cm³/mol. The van der Waals surface area contributed by atoms with Crippen molar-refractivity contribution in [3.8, 4) is 0 Å². The van der Waals surface area contributed by atoms with Gasteiger partial charge < -0.3 is 14.8 Å². The summed E-state index contributed by atoms with van der Waals surface area (Å²) >= 11 is 3.08. The van der Waals surface area contributed by atoms with E-state index in [1.165, 1.54) is 0 Å². The van der Waals surface area contributed by atoms with Crippen LogP contribution in [0.3, 0.4) is 0 Å². The Kier molecular flexibility index (Phi) is 8.96. The Morgan fingerprint density at radius 2 is 1.43 bits per heavy atom. The van der Waals surface area contributed by atoms with Gasteiger partial charge >= 0.3 is 18.2 Å². The quantitative estimate of drug-likeness (QED) is 0.277. The summed E-state index contributed by atoms with van der Waals surface area (Å²) in [5.74, 6) is -0.964. The van der Waals surface area contributed by atoms with Crippen molar-refractivity contribution in [1.29, 1.82) is 0 Å². The highest BCUT2D eigenvalue weighted by Crippen LogP contribution is 2.03. The van der Waals surface area contributed by atoms with Gasteiger partial charge in [0, 0.05) is 5.33 Å². The first-order valence-corrected chi connectivity index (χ1v) is 9.41. The lowest BCUT2D eigenvalue weighted by Gasteiger charge is -2.14. The van der Waals surface area contributed by atoms with Gasteiger partial charge in [0.1, 0.15) is 12.6 Å². The molecule has 9 heteroatoms. The topological polar surface area (TPSA) is 103 Å². The second kappa shape index (κ2) is 11.7. The van der Waals surface area contributed by atoms with Gasteiger partial charge in [0.05, 0.1) is 6.61 Å². The molecular formula is C19H19BrN2O6. The molecule has 2 aromatic rings. The van der Waals surface area contributed by atoms with E-state index in [9.17, 15) is 14.4 Å². The van der Waals surface area contributed by atoms with E-state index in [0.717, 1.165) is 11.1 Å². The van der Waals surface area contributed by atoms with E-state index in [1.807, 2.05) is 54.0 Å². The maximum Gasteiger partial charge on any atom is 0.439 e. The van der Waals surface area contributed by atoms with E-state index in [0.29, 0.717) is 0 Å². The molecule has 0 aliphatic carbocycles. The lowest BCUT2D eigenvalue weighted by Crippen LogP contribution is -2.45. The average Bonchev–Trinajstić information content (AvgIpc) is 2.72. The molecule has 2 N–H and O–H groups in total. The molecule has 0 radical (unpaired) electrons. The summed E-state index contributed by atoms with van der Waals surface area (Å²) < 4.78 is 9.62. The lowest BCUT2D eigenvalue weighted by atomic mass is 10.2. The van der Waals surface area contributed by atoms with Gasteiger partial charge in [-0.15, -0.1) is 0 Å². The highest BCUT2D eigenvalue weighted by atomic mass is 79.9. The number of alkyl carbamates (subject to hydrolysis) is 1. The van der Waals surface area contributed by atoms with Crippen LogP contribution in [-0.4, -0.2) is 29.5 Å². The summed E-state index contributed by atoms with van der Waals surface area (Å²) in [5.41, 5.74) is 3.63. The van der Waals surface area contributed by atoms with Crippen molar-refractivity contribution in [1.82, 2.24) is 10.8 Å². The zero-order valence-electron chi connectivity index (χ0n) is 14.8. The minimum atomic E-state index is -1.11. The van der Waals surface area contributed by atoms with E-state index in [2.05, 4.69) is 26.0 Å². The first kappa shape index (κ1) is 21.4. The first-order chi connectivity index (χ1) is 13.6. The number of hydrogen-bond acceptors (Lipinski definition) is 6. The highest BCUT2D eigenvalue weighted by molar-refractivity contribution is 9.09. The van der Waals surface area contributed by atoms with Crippen LogP contribution < -0.4 is 10.8 Å². The molecule has 0 bridgehead atoms. The fourth-order valence-electron chi connectivity index (χ4n) is 2.00. The standard InChI is InChI=1S/C19H19BrN2O6/c20-11-16(21-18(24)26-12-14-7-3-1-4-8-14)17(23)28-19(25)22-27-13-15-9-5-2-6-10-15/h1-10,16H,11-13H2,(H,21,24)(H,22,25)/t16-/m0/s1. The summed E-state index contributed by atoms with van der Waals surface area (Å²) in [6.45, 7) is 0.153. The van der Waals surface area contributed by atoms with Crippen LogP contribution in [0, 0.1) is 0 Å². The molecule has 2 amide bonds. The number of nitrogens with one attached hydrogen (secondary N) is 2. The summed E-state index contributed by atoms with van der Waals surface area (Å²) in [6.07, 6.45) is -1.91. The highest BCUT2D eigenvalue weighted by Gasteiger charge is 2.24. The molecule has 8 nitrogen and oxygen atoms in total. The molecule has 2 aromatic carbocycles. The monoisotopic (exact) mass is 450 g/mol. The summed E-state index contributed by atoms with van der Waals surface area (Å²) in [7, 11) is 0. The molecule has 148 valence electrons. The maximum absolute atomic E-state index is 12.0. The molecule has 0 aliphatic rings. The molecule has 2 rings (SSSR count). The van der Waals surface area contributed by atoms with Crippen molar-refractivity contribution in [3.05, 3.63) is 71.8 Å². The van der Waals surface area contributed by atoms with E-state index in [1.54, 1.807) is 12.1 Å². The van der Waals surface area contributed by atoms with Crippen molar-refractivity contribution < 1.29 is 28.7 Å². The van der Waals surface area contributed by atoms with Crippen molar-refractivity contribution in [2.75, 3.05) is 5.33 Å². The van der Waals surface area contributed by atoms with Crippen molar-refractivity contribution >= 4 is 34.1 Å². The second-order valence-corrected chi connectivity index (χ2v) is 6.15. The van der Waals surface area contributed by atoms with Gasteiger partial charge in [-0.2, -0.15) is 5.48 Å². The van der Waals surface area contributed by atoms with Gasteiger partial charge in [0.2, 0.25) is 0 Å². The molecule has 0 aliphatic heterocycles. The van der Waals surface area contributed by atoms with Gasteiger partial charge in [-0.1, -0.05) is 76.6 Å². The van der Waals surface area contributed by atoms with Crippen molar-refractivity contribution in [2.24, 2.45) is 0 Å². The Hall–Kier alpha value is -2.91. The summed E-state index contributed by atoms with van der Waals surface area (Å²) in [6, 6.07) is 17.1. The van der Waals surface area contributed by atoms with Crippen LogP contribution in [0.1, 0.15) is 11.1 Å². The summed E-state index contributed by atoms with van der Waals surface area (Å²) in [5, 5.41) is 2.35. The van der Waals surface area contributed by atoms with Crippen molar-refractivity contribution in [2.45, 2.75) is 19.3 Å². The normalized spacial score (nSPS) is 11.2. The van der Waals surface area contributed by atoms with Crippen molar-refractivity contribution in [3.63, 3.8) is 0 Å². The number of ether oxygens (including phenoxy) is 2. The Labute approximate surface area is 170 Å². The van der Waals surface area contributed by atoms with Crippen LogP contribution in [0.5, 0.6) is 0 Å². The number of alkyl halides is 1. The Balaban J connectivity index is 1.70. The molecule has 0 unspecified atom stereocenters. The molecular weight excluding hydrogens is 432 g/mol. The van der Waals surface area contributed by atoms with Crippen LogP contribution in [0.25, 0.3) is 0 Å². The van der Waals surface area contributed by atoms with Crippen LogP contribution in [0.15, 0.2) is 60.7 Å². The Morgan fingerprint density at radius 1 is 0.857 bits per heavy atom. The van der Waals surface area contributed by atoms with Crippen LogP contribution in [0.4, 0.5) is 9.59 Å². The molecule has 0 spiro atoms. The van der Waals surface area contributed by atoms with Crippen LogP contribution in [0.2, 0.25) is 0 Å². The second-order valence-electron chi connectivity index (χ2n) is 5.50. The van der Waals surface area contributed by atoms with Gasteiger partial charge in [0.25, 0.3) is 0 Å². The third-order valence-corrected chi connectivity index (χ3v) is 4.02. The Morgan fingerprint density at radius 3 is 2.00 bits per heavy atom. The van der Waals surface area contributed by atoms with Crippen LogP contribution in [-0.2, 0) is 32.3 Å². The number of rotatable bonds is 8. The molecule has 0 saturated carbocycles. The minimum Gasteiger partial charge on any atom is -0.445 e. The number of carbonyl (C=O) groups is 3. The molecule has 1 atom stereocenters. The SMILES string of the molecule is O=C(N[C@@H](CBr)C(=O)OC(=O)NOCc1ccccc1)OCc1ccccc1. The van der Waals surface area contributed by atoms with Gasteiger partial charge in [-0.05, 0) is 11.1 Å². The number of hydroxylamine groups is 1. The number of esters is 1. The fraction of sp³-hybridized carbons (Fsp3) is 0.211. The van der Waals surface area contributed by atoms with E-state index in [4.69, 9.17) is 9.57 Å². The number of hydrogen-bond donors (Lipinski definition) is 2. The zero-order chi connectivity index (χ0) is 20.2. The molecule has 0 aromatic heterocycles. The summed E-state index contributed by atoms with van der Waals surface area (Å²) in [4.78, 5) is 40.4. The largest absolute Gasteiger partial charge is 0.445 e. The smallest absolute Gasteiger partial charge is 0.439 e. The third-order valence-electron chi connectivity index (χ3n) is 3.37. The number of benzene rings is 2. The minimum absolute atomic E-state index is 0.0322.